The van der Waals surface area contributed by atoms with Crippen molar-refractivity contribution in [3.8, 4) is 0 Å². The number of aryl methyl sites for hydroxylation is 2. The van der Waals surface area contributed by atoms with Crippen molar-refractivity contribution in [1.29, 1.82) is 0 Å². The molecule has 0 unspecified atom stereocenters. The molecule has 142 valence electrons. The van der Waals surface area contributed by atoms with E-state index in [-0.39, 0.29) is 6.03 Å². The summed E-state index contributed by atoms with van der Waals surface area (Å²) in [5.74, 6) is 0.874. The van der Waals surface area contributed by atoms with E-state index in [1.807, 2.05) is 25.9 Å². The van der Waals surface area contributed by atoms with Gasteiger partial charge in [-0.15, -0.1) is 0 Å². The van der Waals surface area contributed by atoms with E-state index in [0.29, 0.717) is 19.6 Å². The number of anilines is 1. The number of hydrogen-bond acceptors (Lipinski definition) is 6. The standard InChI is InChI=1S/C17H23N9O/c1-12-13(9-21-23(12)2)8-18-17(27)26-6-4-25(5-7-26)16-14-10-22-24(3)15(14)19-11-20-16/h9-11H,4-8H2,1-3H3,(H,18,27). The zero-order valence-electron chi connectivity index (χ0n) is 15.8. The average molecular weight is 369 g/mol. The summed E-state index contributed by atoms with van der Waals surface area (Å²) in [6, 6.07) is -0.0490. The van der Waals surface area contributed by atoms with E-state index >= 15 is 0 Å². The Bertz CT molecular complexity index is 968. The van der Waals surface area contributed by atoms with Crippen LogP contribution in [0, 0.1) is 6.92 Å². The smallest absolute Gasteiger partial charge is 0.317 e. The molecule has 0 aliphatic carbocycles. The summed E-state index contributed by atoms with van der Waals surface area (Å²) in [6.07, 6.45) is 5.15. The summed E-state index contributed by atoms with van der Waals surface area (Å²) in [7, 11) is 3.76. The van der Waals surface area contributed by atoms with Crippen LogP contribution < -0.4 is 10.2 Å². The van der Waals surface area contributed by atoms with Gasteiger partial charge in [0.1, 0.15) is 12.1 Å². The molecule has 1 fully saturated rings. The van der Waals surface area contributed by atoms with Crippen LogP contribution in [0.4, 0.5) is 10.6 Å². The summed E-state index contributed by atoms with van der Waals surface area (Å²) in [6.45, 7) is 5.21. The Morgan fingerprint density at radius 1 is 1.07 bits per heavy atom. The fourth-order valence-corrected chi connectivity index (χ4v) is 3.32. The molecule has 10 nitrogen and oxygen atoms in total. The highest BCUT2D eigenvalue weighted by atomic mass is 16.2. The van der Waals surface area contributed by atoms with Gasteiger partial charge in [0.05, 0.1) is 17.8 Å². The van der Waals surface area contributed by atoms with Crippen molar-refractivity contribution in [3.05, 3.63) is 30.0 Å². The van der Waals surface area contributed by atoms with Crippen molar-refractivity contribution >= 4 is 22.9 Å². The molecule has 3 aromatic rings. The third-order valence-electron chi connectivity index (χ3n) is 5.14. The average Bonchev–Trinajstić information content (AvgIpc) is 3.23. The first-order chi connectivity index (χ1) is 13.0. The second-order valence-corrected chi connectivity index (χ2v) is 6.71. The van der Waals surface area contributed by atoms with Crippen LogP contribution >= 0.6 is 0 Å². The molecule has 0 aromatic carbocycles. The van der Waals surface area contributed by atoms with Crippen LogP contribution in [0.1, 0.15) is 11.3 Å². The maximum absolute atomic E-state index is 12.5. The fraction of sp³-hybridized carbons (Fsp3) is 0.471. The monoisotopic (exact) mass is 369 g/mol. The van der Waals surface area contributed by atoms with Gasteiger partial charge in [-0.3, -0.25) is 9.36 Å². The van der Waals surface area contributed by atoms with Crippen molar-refractivity contribution in [2.75, 3.05) is 31.1 Å². The SMILES string of the molecule is Cc1c(CNC(=O)N2CCN(c3ncnc4c3cnn4C)CC2)cnn1C. The molecule has 10 heteroatoms. The van der Waals surface area contributed by atoms with Gasteiger partial charge in [0, 0.05) is 58.1 Å². The fourth-order valence-electron chi connectivity index (χ4n) is 3.32. The molecule has 3 aromatic heterocycles. The Balaban J connectivity index is 1.37. The number of fused-ring (bicyclic) bond motifs is 1. The molecule has 2 amide bonds. The van der Waals surface area contributed by atoms with E-state index in [4.69, 9.17) is 0 Å². The molecule has 0 bridgehead atoms. The van der Waals surface area contributed by atoms with Crippen LogP contribution in [0.3, 0.4) is 0 Å². The maximum Gasteiger partial charge on any atom is 0.317 e. The molecule has 0 saturated carbocycles. The minimum Gasteiger partial charge on any atom is -0.352 e. The Morgan fingerprint density at radius 3 is 2.52 bits per heavy atom. The van der Waals surface area contributed by atoms with Gasteiger partial charge >= 0.3 is 6.03 Å². The topological polar surface area (TPSA) is 97.0 Å². The highest BCUT2D eigenvalue weighted by molar-refractivity contribution is 5.86. The molecule has 0 radical (unpaired) electrons. The number of urea groups is 1. The van der Waals surface area contributed by atoms with Crippen molar-refractivity contribution in [3.63, 3.8) is 0 Å². The van der Waals surface area contributed by atoms with Gasteiger partial charge in [-0.1, -0.05) is 0 Å². The van der Waals surface area contributed by atoms with Crippen molar-refractivity contribution < 1.29 is 4.79 Å². The predicted molar refractivity (Wildman–Crippen MR) is 100 cm³/mol. The zero-order chi connectivity index (χ0) is 19.0. The van der Waals surface area contributed by atoms with Gasteiger partial charge < -0.3 is 15.1 Å². The minimum atomic E-state index is -0.0490. The molecule has 27 heavy (non-hydrogen) atoms. The first kappa shape index (κ1) is 17.3. The normalized spacial score (nSPS) is 14.8. The minimum absolute atomic E-state index is 0.0490. The highest BCUT2D eigenvalue weighted by Gasteiger charge is 2.23. The molecule has 4 rings (SSSR count). The summed E-state index contributed by atoms with van der Waals surface area (Å²) >= 11 is 0. The maximum atomic E-state index is 12.5. The van der Waals surface area contributed by atoms with Gasteiger partial charge in [0.15, 0.2) is 5.65 Å². The van der Waals surface area contributed by atoms with E-state index < -0.39 is 0 Å². The molecule has 1 aliphatic heterocycles. The van der Waals surface area contributed by atoms with Gasteiger partial charge in [-0.05, 0) is 6.92 Å². The van der Waals surface area contributed by atoms with Gasteiger partial charge in [0.2, 0.25) is 0 Å². The van der Waals surface area contributed by atoms with Crippen LogP contribution in [0.5, 0.6) is 0 Å². The van der Waals surface area contributed by atoms with E-state index in [1.54, 1.807) is 28.1 Å². The Morgan fingerprint density at radius 2 is 1.81 bits per heavy atom. The second kappa shape index (κ2) is 6.86. The third kappa shape index (κ3) is 3.18. The van der Waals surface area contributed by atoms with E-state index in [9.17, 15) is 4.79 Å². The highest BCUT2D eigenvalue weighted by Crippen LogP contribution is 2.23. The lowest BCUT2D eigenvalue weighted by atomic mass is 10.2. The van der Waals surface area contributed by atoms with E-state index in [1.165, 1.54) is 0 Å². The van der Waals surface area contributed by atoms with Crippen LogP contribution in [0.15, 0.2) is 18.7 Å². The molecule has 1 aliphatic rings. The van der Waals surface area contributed by atoms with Crippen molar-refractivity contribution in [2.24, 2.45) is 14.1 Å². The van der Waals surface area contributed by atoms with Crippen molar-refractivity contribution in [2.45, 2.75) is 13.5 Å². The van der Waals surface area contributed by atoms with Gasteiger partial charge in [-0.2, -0.15) is 10.2 Å². The molecule has 0 spiro atoms. The quantitative estimate of drug-likeness (QED) is 0.719. The lowest BCUT2D eigenvalue weighted by Gasteiger charge is -2.35. The van der Waals surface area contributed by atoms with Gasteiger partial charge in [-0.25, -0.2) is 14.8 Å². The summed E-state index contributed by atoms with van der Waals surface area (Å²) in [5, 5.41) is 12.4. The van der Waals surface area contributed by atoms with Crippen LogP contribution in [-0.2, 0) is 20.6 Å². The number of carbonyl (C=O) groups is 1. The number of nitrogens with zero attached hydrogens (tertiary/aromatic N) is 8. The number of hydrogen-bond donors (Lipinski definition) is 1. The number of piperazine rings is 1. The lowest BCUT2D eigenvalue weighted by molar-refractivity contribution is 0.194. The molecular formula is C17H23N9O. The molecule has 0 atom stereocenters. The number of amides is 2. The van der Waals surface area contributed by atoms with Gasteiger partial charge in [0.25, 0.3) is 0 Å². The Kier molecular flexibility index (Phi) is 4.38. The van der Waals surface area contributed by atoms with Crippen LogP contribution in [-0.4, -0.2) is 66.6 Å². The Hall–Kier alpha value is -3.17. The summed E-state index contributed by atoms with van der Waals surface area (Å²) in [4.78, 5) is 25.2. The molecular weight excluding hydrogens is 346 g/mol. The molecule has 1 N–H and O–H groups in total. The number of rotatable bonds is 3. The predicted octanol–water partition coefficient (Wildman–Crippen LogP) is 0.437. The third-order valence-corrected chi connectivity index (χ3v) is 5.14. The summed E-state index contributed by atoms with van der Waals surface area (Å²) in [5.41, 5.74) is 2.90. The first-order valence-electron chi connectivity index (χ1n) is 8.92. The molecule has 4 heterocycles. The Labute approximate surface area is 156 Å². The van der Waals surface area contributed by atoms with Crippen LogP contribution in [0.25, 0.3) is 11.0 Å². The van der Waals surface area contributed by atoms with E-state index in [0.717, 1.165) is 41.2 Å². The van der Waals surface area contributed by atoms with Crippen molar-refractivity contribution in [1.82, 2.24) is 39.7 Å². The number of nitrogens with one attached hydrogen (secondary N) is 1. The zero-order valence-corrected chi connectivity index (χ0v) is 15.8. The summed E-state index contributed by atoms with van der Waals surface area (Å²) < 4.78 is 3.55. The van der Waals surface area contributed by atoms with E-state index in [2.05, 4.69) is 30.4 Å². The van der Waals surface area contributed by atoms with Crippen LogP contribution in [0.2, 0.25) is 0 Å². The lowest BCUT2D eigenvalue weighted by Crippen LogP contribution is -2.52. The largest absolute Gasteiger partial charge is 0.352 e. The number of aromatic nitrogens is 6. The molecule has 1 saturated heterocycles. The second-order valence-electron chi connectivity index (χ2n) is 6.71. The first-order valence-corrected chi connectivity index (χ1v) is 8.92. The number of carbonyl (C=O) groups excluding carboxylic acids is 1.